The molecule has 1 aromatic carbocycles. The van der Waals surface area contributed by atoms with Crippen LogP contribution in [0, 0.1) is 6.92 Å². The smallest absolute Gasteiger partial charge is 0.104 e. The van der Waals surface area contributed by atoms with Crippen molar-refractivity contribution in [1.29, 1.82) is 0 Å². The number of fused-ring (bicyclic) bond motifs is 1. The van der Waals surface area contributed by atoms with Gasteiger partial charge in [-0.25, -0.2) is 4.98 Å². The Morgan fingerprint density at radius 2 is 2.16 bits per heavy atom. The summed E-state index contributed by atoms with van der Waals surface area (Å²) in [6, 6.07) is 8.36. The van der Waals surface area contributed by atoms with Gasteiger partial charge in [-0.3, -0.25) is 4.68 Å². The number of aromatic amines is 1. The highest BCUT2D eigenvalue weighted by molar-refractivity contribution is 5.81. The number of nitrogens with zero attached hydrogens (tertiary/aromatic N) is 3. The van der Waals surface area contributed by atoms with Crippen molar-refractivity contribution in [3.63, 3.8) is 0 Å². The van der Waals surface area contributed by atoms with Crippen molar-refractivity contribution in [2.75, 3.05) is 7.05 Å². The number of hydrogen-bond acceptors (Lipinski definition) is 3. The normalized spacial score (nSPS) is 11.3. The molecule has 3 aromatic rings. The van der Waals surface area contributed by atoms with Gasteiger partial charge >= 0.3 is 0 Å². The summed E-state index contributed by atoms with van der Waals surface area (Å²) in [6.45, 7) is 2.74. The van der Waals surface area contributed by atoms with E-state index in [-0.39, 0.29) is 0 Å². The molecule has 0 saturated carbocycles. The molecule has 2 aromatic heterocycles. The summed E-state index contributed by atoms with van der Waals surface area (Å²) in [7, 11) is 3.89. The maximum atomic E-state index is 4.49. The largest absolute Gasteiger partial charge is 0.342 e. The van der Waals surface area contributed by atoms with Crippen LogP contribution in [0.15, 0.2) is 24.3 Å². The number of aryl methyl sites for hydroxylation is 2. The molecule has 0 aliphatic heterocycles. The molecule has 0 spiro atoms. The van der Waals surface area contributed by atoms with Crippen molar-refractivity contribution in [3.8, 4) is 11.3 Å². The Morgan fingerprint density at radius 3 is 2.95 bits per heavy atom. The Kier molecular flexibility index (Phi) is 2.83. The predicted octanol–water partition coefficient (Wildman–Crippen LogP) is 1.99. The average Bonchev–Trinajstić information content (AvgIpc) is 2.90. The molecule has 2 heterocycles. The first-order valence-corrected chi connectivity index (χ1v) is 6.31. The summed E-state index contributed by atoms with van der Waals surface area (Å²) in [6.07, 6.45) is 0. The van der Waals surface area contributed by atoms with Gasteiger partial charge in [0.2, 0.25) is 0 Å². The van der Waals surface area contributed by atoms with Crippen molar-refractivity contribution >= 4 is 11.0 Å². The number of H-pyrrole nitrogens is 1. The van der Waals surface area contributed by atoms with Crippen LogP contribution in [0.4, 0.5) is 0 Å². The van der Waals surface area contributed by atoms with Gasteiger partial charge in [0.1, 0.15) is 5.82 Å². The van der Waals surface area contributed by atoms with Crippen molar-refractivity contribution in [3.05, 3.63) is 35.8 Å². The van der Waals surface area contributed by atoms with Crippen LogP contribution in [0.25, 0.3) is 22.3 Å². The second kappa shape index (κ2) is 4.51. The van der Waals surface area contributed by atoms with Gasteiger partial charge in [0.05, 0.1) is 22.4 Å². The molecule has 3 rings (SSSR count). The highest BCUT2D eigenvalue weighted by atomic mass is 15.3. The van der Waals surface area contributed by atoms with Gasteiger partial charge in [-0.1, -0.05) is 6.07 Å². The summed E-state index contributed by atoms with van der Waals surface area (Å²) in [5.41, 5.74) is 5.36. The first-order chi connectivity index (χ1) is 9.17. The van der Waals surface area contributed by atoms with E-state index in [1.54, 1.807) is 0 Å². The van der Waals surface area contributed by atoms with E-state index in [1.807, 2.05) is 31.8 Å². The zero-order valence-electron chi connectivity index (χ0n) is 11.4. The number of imidazole rings is 1. The molecule has 0 amide bonds. The van der Waals surface area contributed by atoms with E-state index in [0.717, 1.165) is 40.4 Å². The van der Waals surface area contributed by atoms with E-state index in [1.165, 1.54) is 0 Å². The SMILES string of the molecule is CNCc1cc(-c2ccc3nc(C)[nH]c3c2)n(C)n1. The van der Waals surface area contributed by atoms with Crippen LogP contribution in [0.3, 0.4) is 0 Å². The Labute approximate surface area is 111 Å². The van der Waals surface area contributed by atoms with Gasteiger partial charge in [-0.2, -0.15) is 5.10 Å². The van der Waals surface area contributed by atoms with E-state index >= 15 is 0 Å². The van der Waals surface area contributed by atoms with Gasteiger partial charge < -0.3 is 10.3 Å². The lowest BCUT2D eigenvalue weighted by Crippen LogP contribution is -2.05. The number of aromatic nitrogens is 4. The quantitative estimate of drug-likeness (QED) is 0.752. The van der Waals surface area contributed by atoms with Crippen molar-refractivity contribution in [1.82, 2.24) is 25.1 Å². The Morgan fingerprint density at radius 1 is 1.32 bits per heavy atom. The van der Waals surface area contributed by atoms with Gasteiger partial charge in [-0.05, 0) is 32.2 Å². The second-order valence-corrected chi connectivity index (χ2v) is 4.73. The van der Waals surface area contributed by atoms with Crippen LogP contribution in [0.1, 0.15) is 11.5 Å². The molecule has 0 unspecified atom stereocenters. The fourth-order valence-electron chi connectivity index (χ4n) is 2.36. The minimum absolute atomic E-state index is 0.777. The number of nitrogens with one attached hydrogen (secondary N) is 2. The van der Waals surface area contributed by atoms with Crippen LogP contribution in [0.2, 0.25) is 0 Å². The molecule has 5 nitrogen and oxygen atoms in total. The van der Waals surface area contributed by atoms with Crippen molar-refractivity contribution in [2.24, 2.45) is 7.05 Å². The highest BCUT2D eigenvalue weighted by Crippen LogP contribution is 2.23. The van der Waals surface area contributed by atoms with E-state index in [4.69, 9.17) is 0 Å². The van der Waals surface area contributed by atoms with Crippen molar-refractivity contribution < 1.29 is 0 Å². The third-order valence-corrected chi connectivity index (χ3v) is 3.18. The molecule has 0 fully saturated rings. The van der Waals surface area contributed by atoms with E-state index in [9.17, 15) is 0 Å². The second-order valence-electron chi connectivity index (χ2n) is 4.73. The summed E-state index contributed by atoms with van der Waals surface area (Å²) in [4.78, 5) is 7.68. The summed E-state index contributed by atoms with van der Waals surface area (Å²) >= 11 is 0. The van der Waals surface area contributed by atoms with Gasteiger partial charge in [-0.15, -0.1) is 0 Å². The Bertz CT molecular complexity index is 723. The maximum Gasteiger partial charge on any atom is 0.104 e. The van der Waals surface area contributed by atoms with Gasteiger partial charge in [0, 0.05) is 19.2 Å². The highest BCUT2D eigenvalue weighted by Gasteiger charge is 2.08. The standard InChI is InChI=1S/C14H17N5/c1-9-16-12-5-4-10(6-13(12)17-9)14-7-11(8-15-2)18-19(14)3/h4-7,15H,8H2,1-3H3,(H,16,17). The monoisotopic (exact) mass is 255 g/mol. The topological polar surface area (TPSA) is 58.5 Å². The molecular formula is C14H17N5. The number of hydrogen-bond donors (Lipinski definition) is 2. The fraction of sp³-hybridized carbons (Fsp3) is 0.286. The van der Waals surface area contributed by atoms with E-state index < -0.39 is 0 Å². The molecule has 19 heavy (non-hydrogen) atoms. The number of benzene rings is 1. The van der Waals surface area contributed by atoms with Crippen molar-refractivity contribution in [2.45, 2.75) is 13.5 Å². The summed E-state index contributed by atoms with van der Waals surface area (Å²) in [5, 5.41) is 7.61. The molecular weight excluding hydrogens is 238 g/mol. The zero-order chi connectivity index (χ0) is 13.4. The van der Waals surface area contributed by atoms with Crippen LogP contribution in [-0.2, 0) is 13.6 Å². The molecule has 0 radical (unpaired) electrons. The third kappa shape index (κ3) is 2.13. The Hall–Kier alpha value is -2.14. The molecule has 5 heteroatoms. The molecule has 2 N–H and O–H groups in total. The molecule has 98 valence electrons. The minimum atomic E-state index is 0.777. The van der Waals surface area contributed by atoms with Crippen LogP contribution >= 0.6 is 0 Å². The average molecular weight is 255 g/mol. The summed E-state index contributed by atoms with van der Waals surface area (Å²) < 4.78 is 1.91. The van der Waals surface area contributed by atoms with E-state index in [2.05, 4.69) is 38.6 Å². The van der Waals surface area contributed by atoms with Gasteiger partial charge in [0.15, 0.2) is 0 Å². The molecule has 0 aliphatic carbocycles. The van der Waals surface area contributed by atoms with E-state index in [0.29, 0.717) is 0 Å². The summed E-state index contributed by atoms with van der Waals surface area (Å²) in [5.74, 6) is 0.938. The lowest BCUT2D eigenvalue weighted by Gasteiger charge is -2.01. The first kappa shape index (κ1) is 11.9. The first-order valence-electron chi connectivity index (χ1n) is 6.31. The van der Waals surface area contributed by atoms with Gasteiger partial charge in [0.25, 0.3) is 0 Å². The molecule has 0 aliphatic rings. The van der Waals surface area contributed by atoms with Crippen LogP contribution < -0.4 is 5.32 Å². The molecule has 0 saturated heterocycles. The molecule has 0 atom stereocenters. The number of rotatable bonds is 3. The minimum Gasteiger partial charge on any atom is -0.342 e. The maximum absolute atomic E-state index is 4.49. The predicted molar refractivity (Wildman–Crippen MR) is 75.8 cm³/mol. The molecule has 0 bridgehead atoms. The fourth-order valence-corrected chi connectivity index (χ4v) is 2.36. The Balaban J connectivity index is 2.07. The lowest BCUT2D eigenvalue weighted by atomic mass is 10.1. The zero-order valence-corrected chi connectivity index (χ0v) is 11.4. The third-order valence-electron chi connectivity index (χ3n) is 3.18. The van der Waals surface area contributed by atoms with Crippen LogP contribution in [-0.4, -0.2) is 26.8 Å². The lowest BCUT2D eigenvalue weighted by molar-refractivity contribution is 0.716. The van der Waals surface area contributed by atoms with Crippen LogP contribution in [0.5, 0.6) is 0 Å².